The fourth-order valence-corrected chi connectivity index (χ4v) is 4.34. The molecule has 0 bridgehead atoms. The van der Waals surface area contributed by atoms with Crippen LogP contribution in [0.25, 0.3) is 22.6 Å². The molecule has 1 saturated heterocycles. The van der Waals surface area contributed by atoms with E-state index in [0.29, 0.717) is 41.7 Å². The molecule has 0 amide bonds. The molecular formula is C27H31FN6O2. The molecule has 1 aromatic carbocycles. The zero-order valence-corrected chi connectivity index (χ0v) is 20.8. The zero-order chi connectivity index (χ0) is 24.9. The Bertz CT molecular complexity index is 1320. The minimum atomic E-state index is -0.412. The maximum Gasteiger partial charge on any atom is 0.318 e. The Hall–Kier alpha value is -3.43. The molecule has 0 radical (unpaired) electrons. The molecule has 1 aliphatic heterocycles. The van der Waals surface area contributed by atoms with E-state index in [0.717, 1.165) is 56.9 Å². The first kappa shape index (κ1) is 24.3. The monoisotopic (exact) mass is 490 g/mol. The second-order valence-corrected chi connectivity index (χ2v) is 9.08. The quantitative estimate of drug-likeness (QED) is 0.322. The van der Waals surface area contributed by atoms with Crippen molar-refractivity contribution in [1.29, 1.82) is 0 Å². The Balaban J connectivity index is 1.49. The van der Waals surface area contributed by atoms with Gasteiger partial charge in [0.2, 0.25) is 0 Å². The maximum absolute atomic E-state index is 14.1. The number of fused-ring (bicyclic) bond motifs is 1. The van der Waals surface area contributed by atoms with E-state index in [2.05, 4.69) is 46.1 Å². The van der Waals surface area contributed by atoms with Gasteiger partial charge in [-0.25, -0.2) is 9.37 Å². The van der Waals surface area contributed by atoms with Crippen LogP contribution in [0.15, 0.2) is 42.7 Å². The number of aromatic nitrogens is 5. The summed E-state index contributed by atoms with van der Waals surface area (Å²) in [5.74, 6) is 0.183. The Morgan fingerprint density at radius 3 is 2.47 bits per heavy atom. The van der Waals surface area contributed by atoms with Crippen LogP contribution in [0.2, 0.25) is 0 Å². The average Bonchev–Trinajstić information content (AvgIpc) is 3.25. The van der Waals surface area contributed by atoms with E-state index >= 15 is 0 Å². The van der Waals surface area contributed by atoms with E-state index in [1.165, 1.54) is 17.8 Å². The molecule has 5 rings (SSSR count). The third kappa shape index (κ3) is 5.52. The number of rotatable bonds is 9. The van der Waals surface area contributed by atoms with Crippen molar-refractivity contribution in [3.05, 3.63) is 65.4 Å². The minimum absolute atomic E-state index is 0.333. The van der Waals surface area contributed by atoms with E-state index in [-0.39, 0.29) is 0 Å². The van der Waals surface area contributed by atoms with Crippen LogP contribution in [0.3, 0.4) is 0 Å². The summed E-state index contributed by atoms with van der Waals surface area (Å²) in [6.07, 6.45) is 4.76. The first-order chi connectivity index (χ1) is 17.6. The van der Waals surface area contributed by atoms with Crippen molar-refractivity contribution in [2.45, 2.75) is 39.8 Å². The number of pyridine rings is 1. The molecule has 0 aliphatic carbocycles. The number of hydrogen-bond donors (Lipinski definition) is 0. The summed E-state index contributed by atoms with van der Waals surface area (Å²) in [6, 6.07) is 10.3. The highest BCUT2D eigenvalue weighted by Gasteiger charge is 2.19. The smallest absolute Gasteiger partial charge is 0.318 e. The van der Waals surface area contributed by atoms with Crippen LogP contribution >= 0.6 is 0 Å². The van der Waals surface area contributed by atoms with Gasteiger partial charge in [0.25, 0.3) is 0 Å². The summed E-state index contributed by atoms with van der Waals surface area (Å²) < 4.78 is 27.3. The first-order valence-corrected chi connectivity index (χ1v) is 12.5. The van der Waals surface area contributed by atoms with Crippen LogP contribution in [0.5, 0.6) is 6.01 Å². The van der Waals surface area contributed by atoms with Crippen molar-refractivity contribution < 1.29 is 13.9 Å². The maximum atomic E-state index is 14.1. The summed E-state index contributed by atoms with van der Waals surface area (Å²) in [5.41, 5.74) is 4.99. The van der Waals surface area contributed by atoms with Crippen molar-refractivity contribution in [3.63, 3.8) is 0 Å². The van der Waals surface area contributed by atoms with E-state index in [1.807, 2.05) is 11.5 Å². The summed E-state index contributed by atoms with van der Waals surface area (Å²) in [5, 5.41) is 0. The highest BCUT2D eigenvalue weighted by Crippen LogP contribution is 2.27. The fourth-order valence-electron chi connectivity index (χ4n) is 4.34. The van der Waals surface area contributed by atoms with Gasteiger partial charge >= 0.3 is 6.01 Å². The molecule has 8 nitrogen and oxygen atoms in total. The normalized spacial score (nSPS) is 14.4. The van der Waals surface area contributed by atoms with Gasteiger partial charge < -0.3 is 14.0 Å². The molecule has 4 aromatic rings. The third-order valence-electron chi connectivity index (χ3n) is 6.31. The lowest BCUT2D eigenvalue weighted by molar-refractivity contribution is 0.0342. The van der Waals surface area contributed by atoms with Crippen molar-refractivity contribution >= 4 is 11.2 Å². The SMILES string of the molecule is CCCCOc1nc(C)c2nc(-c3cncc(F)c3)n(Cc3ccc(CN4CCOCC4)cc3)c2n1. The zero-order valence-electron chi connectivity index (χ0n) is 20.8. The number of unbranched alkanes of at least 4 members (excludes halogenated alkanes) is 1. The minimum Gasteiger partial charge on any atom is -0.463 e. The molecule has 0 saturated carbocycles. The van der Waals surface area contributed by atoms with E-state index in [4.69, 9.17) is 19.4 Å². The molecule has 188 valence electrons. The summed E-state index contributed by atoms with van der Waals surface area (Å²) >= 11 is 0. The molecule has 0 spiro atoms. The van der Waals surface area contributed by atoms with Gasteiger partial charge in [0, 0.05) is 31.4 Å². The van der Waals surface area contributed by atoms with Gasteiger partial charge in [-0.2, -0.15) is 9.97 Å². The molecule has 1 aliphatic rings. The van der Waals surface area contributed by atoms with E-state index in [9.17, 15) is 4.39 Å². The van der Waals surface area contributed by atoms with Crippen LogP contribution in [0.4, 0.5) is 4.39 Å². The van der Waals surface area contributed by atoms with Gasteiger partial charge in [0.15, 0.2) is 5.65 Å². The van der Waals surface area contributed by atoms with E-state index < -0.39 is 5.82 Å². The van der Waals surface area contributed by atoms with Gasteiger partial charge in [-0.05, 0) is 30.5 Å². The summed E-state index contributed by atoms with van der Waals surface area (Å²) in [7, 11) is 0. The summed E-state index contributed by atoms with van der Waals surface area (Å²) in [6.45, 7) is 9.46. The number of aryl methyl sites for hydroxylation is 1. The predicted molar refractivity (Wildman–Crippen MR) is 135 cm³/mol. The molecular weight excluding hydrogens is 459 g/mol. The molecule has 1 fully saturated rings. The van der Waals surface area contributed by atoms with Crippen LogP contribution < -0.4 is 4.74 Å². The molecule has 36 heavy (non-hydrogen) atoms. The summed E-state index contributed by atoms with van der Waals surface area (Å²) in [4.78, 5) is 20.4. The Kier molecular flexibility index (Phi) is 7.48. The second kappa shape index (κ2) is 11.1. The van der Waals surface area contributed by atoms with Gasteiger partial charge in [-0.15, -0.1) is 0 Å². The number of hydrogen-bond acceptors (Lipinski definition) is 7. The van der Waals surface area contributed by atoms with Crippen molar-refractivity contribution in [1.82, 2.24) is 29.4 Å². The molecule has 4 heterocycles. The van der Waals surface area contributed by atoms with Crippen molar-refractivity contribution in [2.24, 2.45) is 0 Å². The fraction of sp³-hybridized carbons (Fsp3) is 0.407. The molecule has 3 aromatic heterocycles. The van der Waals surface area contributed by atoms with Crippen LogP contribution in [0.1, 0.15) is 36.6 Å². The lowest BCUT2D eigenvalue weighted by atomic mass is 10.1. The van der Waals surface area contributed by atoms with Crippen LogP contribution in [-0.2, 0) is 17.8 Å². The number of nitrogens with zero attached hydrogens (tertiary/aromatic N) is 6. The van der Waals surface area contributed by atoms with Crippen LogP contribution in [-0.4, -0.2) is 62.3 Å². The number of benzene rings is 1. The number of halogens is 1. The van der Waals surface area contributed by atoms with Crippen molar-refractivity contribution in [3.8, 4) is 17.4 Å². The number of ether oxygens (including phenoxy) is 2. The van der Waals surface area contributed by atoms with Crippen LogP contribution in [0, 0.1) is 12.7 Å². The lowest BCUT2D eigenvalue weighted by Gasteiger charge is -2.26. The largest absolute Gasteiger partial charge is 0.463 e. The van der Waals surface area contributed by atoms with Gasteiger partial charge in [-0.1, -0.05) is 37.6 Å². The lowest BCUT2D eigenvalue weighted by Crippen LogP contribution is -2.35. The average molecular weight is 491 g/mol. The molecule has 0 unspecified atom stereocenters. The number of imidazole rings is 1. The third-order valence-corrected chi connectivity index (χ3v) is 6.31. The predicted octanol–water partition coefficient (Wildman–Crippen LogP) is 4.40. The standard InChI is InChI=1S/C27H31FN6O2/c1-3-4-11-36-27-30-19(2)24-26(32-27)34(25(31-24)22-14-23(28)16-29-15-22)18-21-7-5-20(6-8-21)17-33-9-12-35-13-10-33/h5-8,14-16H,3-4,9-13,17-18H2,1-2H3. The van der Waals surface area contributed by atoms with Gasteiger partial charge in [0.1, 0.15) is 17.2 Å². The first-order valence-electron chi connectivity index (χ1n) is 12.5. The highest BCUT2D eigenvalue weighted by molar-refractivity contribution is 5.79. The molecule has 9 heteroatoms. The van der Waals surface area contributed by atoms with Gasteiger partial charge in [-0.3, -0.25) is 9.88 Å². The second-order valence-electron chi connectivity index (χ2n) is 9.08. The number of morpholine rings is 1. The molecule has 0 N–H and O–H groups in total. The Morgan fingerprint density at radius 2 is 1.75 bits per heavy atom. The van der Waals surface area contributed by atoms with E-state index in [1.54, 1.807) is 6.20 Å². The molecule has 0 atom stereocenters. The highest BCUT2D eigenvalue weighted by atomic mass is 19.1. The Labute approximate surface area is 210 Å². The Morgan fingerprint density at radius 1 is 1.00 bits per heavy atom. The van der Waals surface area contributed by atoms with Crippen molar-refractivity contribution in [2.75, 3.05) is 32.9 Å². The topological polar surface area (TPSA) is 78.2 Å². The van der Waals surface area contributed by atoms with Gasteiger partial charge in [0.05, 0.1) is 38.3 Å².